The number of hydrogen-bond donors (Lipinski definition) is 3. The van der Waals surface area contributed by atoms with E-state index in [1.807, 2.05) is 59.2 Å². The van der Waals surface area contributed by atoms with E-state index in [1.165, 1.54) is 0 Å². The number of imidazole rings is 1. The number of nitrogens with zero attached hydrogens (tertiary/aromatic N) is 5. The lowest BCUT2D eigenvalue weighted by atomic mass is 9.60. The van der Waals surface area contributed by atoms with Crippen LogP contribution in [0.1, 0.15) is 25.7 Å². The SMILES string of the molecule is Nc1ncccc1-c1nc2ccc(-c3ccccc3)nc2n1-c1ccc(NC(=O)C23CCC(C(=O)O)(C2)C3)nc1. The van der Waals surface area contributed by atoms with E-state index in [-0.39, 0.29) is 5.91 Å². The number of carboxylic acid groups (broad SMARTS) is 1. The second kappa shape index (κ2) is 8.70. The van der Waals surface area contributed by atoms with Gasteiger partial charge >= 0.3 is 5.97 Å². The highest BCUT2D eigenvalue weighted by atomic mass is 16.4. The number of nitrogens with two attached hydrogens (primary N) is 1. The zero-order valence-electron chi connectivity index (χ0n) is 21.4. The number of benzene rings is 1. The van der Waals surface area contributed by atoms with Gasteiger partial charge < -0.3 is 16.2 Å². The molecule has 198 valence electrons. The van der Waals surface area contributed by atoms with Crippen LogP contribution in [0.4, 0.5) is 11.6 Å². The molecule has 1 amide bonds. The summed E-state index contributed by atoms with van der Waals surface area (Å²) in [6.07, 6.45) is 5.15. The Morgan fingerprint density at radius 3 is 2.40 bits per heavy atom. The molecule has 4 N–H and O–H groups in total. The Labute approximate surface area is 228 Å². The number of rotatable bonds is 6. The Hall–Kier alpha value is -5.12. The van der Waals surface area contributed by atoms with Crippen molar-refractivity contribution in [1.82, 2.24) is 24.5 Å². The van der Waals surface area contributed by atoms with E-state index in [4.69, 9.17) is 15.7 Å². The average molecular weight is 532 g/mol. The van der Waals surface area contributed by atoms with Crippen molar-refractivity contribution < 1.29 is 14.7 Å². The van der Waals surface area contributed by atoms with Gasteiger partial charge in [0.2, 0.25) is 5.91 Å². The molecule has 0 unspecified atom stereocenters. The van der Waals surface area contributed by atoms with Gasteiger partial charge in [-0.25, -0.2) is 19.9 Å². The molecule has 1 aromatic carbocycles. The minimum absolute atomic E-state index is 0.173. The lowest BCUT2D eigenvalue weighted by Crippen LogP contribution is -2.49. The second-order valence-electron chi connectivity index (χ2n) is 10.7. The minimum atomic E-state index is -0.808. The molecule has 10 nitrogen and oxygen atoms in total. The van der Waals surface area contributed by atoms with Gasteiger partial charge in [0.05, 0.1) is 34.0 Å². The molecule has 40 heavy (non-hydrogen) atoms. The van der Waals surface area contributed by atoms with Crippen molar-refractivity contribution in [1.29, 1.82) is 0 Å². The van der Waals surface area contributed by atoms with Crippen LogP contribution < -0.4 is 11.1 Å². The molecule has 5 aromatic rings. The molecule has 0 saturated heterocycles. The lowest BCUT2D eigenvalue weighted by molar-refractivity contribution is -0.159. The molecular weight excluding hydrogens is 506 g/mol. The van der Waals surface area contributed by atoms with E-state index >= 15 is 0 Å². The van der Waals surface area contributed by atoms with Gasteiger partial charge in [-0.2, -0.15) is 0 Å². The van der Waals surface area contributed by atoms with Crippen molar-refractivity contribution in [2.24, 2.45) is 10.8 Å². The standard InChI is InChI=1S/C30H25N7O3/c31-24-20(7-4-14-32-24)25-35-22-10-9-21(18-5-2-1-3-6-18)34-26(22)37(25)19-8-11-23(33-15-19)36-27(38)29-12-13-30(16-29,17-29)28(39)40/h1-11,14-15H,12-13,16-17H2,(H2,31,32)(H,39,40)(H,33,36,38). The van der Waals surface area contributed by atoms with Crippen molar-refractivity contribution in [2.45, 2.75) is 25.7 Å². The summed E-state index contributed by atoms with van der Waals surface area (Å²) < 4.78 is 1.89. The Balaban J connectivity index is 1.26. The first-order valence-electron chi connectivity index (χ1n) is 13.0. The number of anilines is 2. The van der Waals surface area contributed by atoms with Gasteiger partial charge in [-0.05, 0) is 62.1 Å². The third-order valence-electron chi connectivity index (χ3n) is 8.27. The Morgan fingerprint density at radius 2 is 1.70 bits per heavy atom. The summed E-state index contributed by atoms with van der Waals surface area (Å²) in [5, 5.41) is 12.4. The second-order valence-corrected chi connectivity index (χ2v) is 10.7. The summed E-state index contributed by atoms with van der Waals surface area (Å²) in [4.78, 5) is 43.3. The van der Waals surface area contributed by atoms with Crippen molar-refractivity contribution in [3.05, 3.63) is 79.1 Å². The quantitative estimate of drug-likeness (QED) is 0.285. The van der Waals surface area contributed by atoms with E-state index in [0.717, 1.165) is 11.3 Å². The first kappa shape index (κ1) is 24.0. The van der Waals surface area contributed by atoms with Crippen LogP contribution in [-0.4, -0.2) is 41.5 Å². The maximum absolute atomic E-state index is 13.1. The number of carbonyl (C=O) groups is 2. The topological polar surface area (TPSA) is 149 Å². The average Bonchev–Trinajstić information content (AvgIpc) is 3.65. The molecule has 0 spiro atoms. The van der Waals surface area contributed by atoms with E-state index in [2.05, 4.69) is 15.3 Å². The van der Waals surface area contributed by atoms with Crippen molar-refractivity contribution in [3.8, 4) is 28.3 Å². The maximum atomic E-state index is 13.1. The highest BCUT2D eigenvalue weighted by molar-refractivity contribution is 5.98. The first-order valence-corrected chi connectivity index (χ1v) is 13.0. The molecule has 3 aliphatic carbocycles. The minimum Gasteiger partial charge on any atom is -0.481 e. The van der Waals surface area contributed by atoms with Gasteiger partial charge in [0.15, 0.2) is 11.5 Å². The number of aliphatic carboxylic acids is 1. The summed E-state index contributed by atoms with van der Waals surface area (Å²) in [7, 11) is 0. The highest BCUT2D eigenvalue weighted by Gasteiger charge is 2.68. The Kier molecular flexibility index (Phi) is 5.21. The van der Waals surface area contributed by atoms with Crippen LogP contribution >= 0.6 is 0 Å². The summed E-state index contributed by atoms with van der Waals surface area (Å²) in [5.74, 6) is 0.326. The molecule has 2 bridgehead atoms. The van der Waals surface area contributed by atoms with Gasteiger partial charge in [0, 0.05) is 11.8 Å². The number of aromatic nitrogens is 5. The Bertz CT molecular complexity index is 1790. The molecular formula is C30H25N7O3. The largest absolute Gasteiger partial charge is 0.481 e. The fourth-order valence-corrected chi connectivity index (χ4v) is 6.21. The van der Waals surface area contributed by atoms with Crippen molar-refractivity contribution in [2.75, 3.05) is 11.1 Å². The number of carboxylic acids is 1. The van der Waals surface area contributed by atoms with Crippen LogP contribution in [0.2, 0.25) is 0 Å². The zero-order chi connectivity index (χ0) is 27.5. The third kappa shape index (κ3) is 3.64. The summed E-state index contributed by atoms with van der Waals surface area (Å²) in [6, 6.07) is 21.0. The molecule has 4 heterocycles. The Morgan fingerprint density at radius 1 is 0.900 bits per heavy atom. The number of fused-ring (bicyclic) bond motifs is 2. The number of pyridine rings is 3. The van der Waals surface area contributed by atoms with Gasteiger partial charge in [-0.1, -0.05) is 30.3 Å². The molecule has 4 aromatic heterocycles. The molecule has 8 rings (SSSR count). The van der Waals surface area contributed by atoms with Crippen molar-refractivity contribution >= 4 is 34.7 Å². The molecule has 0 atom stereocenters. The third-order valence-corrected chi connectivity index (χ3v) is 8.27. The molecule has 0 aliphatic heterocycles. The normalized spacial score (nSPS) is 21.2. The zero-order valence-corrected chi connectivity index (χ0v) is 21.4. The fraction of sp³-hybridized carbons (Fsp3) is 0.200. The highest BCUT2D eigenvalue weighted by Crippen LogP contribution is 2.67. The van der Waals surface area contributed by atoms with Gasteiger partial charge in [0.25, 0.3) is 0 Å². The predicted molar refractivity (Wildman–Crippen MR) is 149 cm³/mol. The molecule has 3 aliphatic rings. The first-order chi connectivity index (χ1) is 19.4. The molecule has 0 radical (unpaired) electrons. The predicted octanol–water partition coefficient (Wildman–Crippen LogP) is 4.71. The number of carbonyl (C=O) groups excluding carboxylic acids is 1. The summed E-state index contributed by atoms with van der Waals surface area (Å²) in [6.45, 7) is 0. The molecule has 3 fully saturated rings. The van der Waals surface area contributed by atoms with E-state index in [9.17, 15) is 14.7 Å². The number of amides is 1. The monoisotopic (exact) mass is 531 g/mol. The lowest BCUT2D eigenvalue weighted by Gasteiger charge is -2.43. The van der Waals surface area contributed by atoms with Crippen LogP contribution in [-0.2, 0) is 9.59 Å². The van der Waals surface area contributed by atoms with Crippen LogP contribution in [0.25, 0.3) is 39.5 Å². The van der Waals surface area contributed by atoms with Crippen LogP contribution in [0.3, 0.4) is 0 Å². The number of nitrogens with one attached hydrogen (secondary N) is 1. The maximum Gasteiger partial charge on any atom is 0.309 e. The van der Waals surface area contributed by atoms with Crippen LogP contribution in [0.15, 0.2) is 79.1 Å². The van der Waals surface area contributed by atoms with E-state index in [0.29, 0.717) is 65.6 Å². The number of hydrogen-bond acceptors (Lipinski definition) is 7. The molecule has 3 saturated carbocycles. The van der Waals surface area contributed by atoms with Crippen LogP contribution in [0, 0.1) is 10.8 Å². The summed E-state index contributed by atoms with van der Waals surface area (Å²) in [5.41, 5.74) is 9.30. The van der Waals surface area contributed by atoms with Gasteiger partial charge in [0.1, 0.15) is 17.2 Å². The summed E-state index contributed by atoms with van der Waals surface area (Å²) >= 11 is 0. The van der Waals surface area contributed by atoms with E-state index < -0.39 is 16.8 Å². The van der Waals surface area contributed by atoms with Crippen molar-refractivity contribution in [3.63, 3.8) is 0 Å². The smallest absolute Gasteiger partial charge is 0.309 e. The fourth-order valence-electron chi connectivity index (χ4n) is 6.21. The van der Waals surface area contributed by atoms with Gasteiger partial charge in [-0.3, -0.25) is 14.2 Å². The number of nitrogen functional groups attached to an aromatic ring is 1. The molecule has 10 heteroatoms. The van der Waals surface area contributed by atoms with Crippen LogP contribution in [0.5, 0.6) is 0 Å². The van der Waals surface area contributed by atoms with E-state index in [1.54, 1.807) is 24.5 Å². The van der Waals surface area contributed by atoms with Gasteiger partial charge in [-0.15, -0.1) is 0 Å².